The summed E-state index contributed by atoms with van der Waals surface area (Å²) < 4.78 is 41.9. The molecule has 0 unspecified atom stereocenters. The Morgan fingerprint density at radius 1 is 1.35 bits per heavy atom. The van der Waals surface area contributed by atoms with Crippen LogP contribution in [-0.4, -0.2) is 18.8 Å². The van der Waals surface area contributed by atoms with E-state index in [0.717, 1.165) is 6.07 Å². The molecule has 1 aromatic carbocycles. The largest absolute Gasteiger partial charge is 0.462 e. The number of allylic oxidation sites excluding steroid dienone is 1. The van der Waals surface area contributed by atoms with Gasteiger partial charge in [-0.2, -0.15) is 13.2 Å². The third-order valence-electron chi connectivity index (χ3n) is 2.06. The molecule has 0 amide bonds. The molecule has 1 rings (SSSR count). The van der Waals surface area contributed by atoms with Crippen molar-refractivity contribution in [1.29, 1.82) is 0 Å². The molecule has 0 radical (unpaired) electrons. The molecular weight excluding hydrogens is 233 g/mol. The monoisotopic (exact) mass is 244 g/mol. The summed E-state index contributed by atoms with van der Waals surface area (Å²) in [6.07, 6.45) is -4.51. The van der Waals surface area contributed by atoms with Gasteiger partial charge >= 0.3 is 12.1 Å². The lowest BCUT2D eigenvalue weighted by Crippen LogP contribution is -2.11. The maximum atomic E-state index is 12.4. The Labute approximate surface area is 96.7 Å². The van der Waals surface area contributed by atoms with Gasteiger partial charge in [-0.15, -0.1) is 0 Å². The first-order valence-electron chi connectivity index (χ1n) is 4.90. The van der Waals surface area contributed by atoms with Gasteiger partial charge in [0.1, 0.15) is 0 Å². The third kappa shape index (κ3) is 3.34. The first-order valence-corrected chi connectivity index (χ1v) is 4.90. The Bertz CT molecular complexity index is 436. The van der Waals surface area contributed by atoms with Gasteiger partial charge in [0, 0.05) is 0 Å². The molecule has 0 heterocycles. The molecule has 0 fully saturated rings. The van der Waals surface area contributed by atoms with Crippen LogP contribution in [0.5, 0.6) is 0 Å². The number of ether oxygens (including phenoxy) is 1. The van der Waals surface area contributed by atoms with Gasteiger partial charge in [-0.1, -0.05) is 18.7 Å². The fourth-order valence-corrected chi connectivity index (χ4v) is 1.21. The lowest BCUT2D eigenvalue weighted by molar-refractivity contribution is -0.0686. The van der Waals surface area contributed by atoms with E-state index in [0.29, 0.717) is 0 Å². The van der Waals surface area contributed by atoms with Gasteiger partial charge in [0.15, 0.2) is 0 Å². The number of halogens is 3. The molecule has 0 aliphatic carbocycles. The average Bonchev–Trinajstić information content (AvgIpc) is 2.27. The second-order valence-corrected chi connectivity index (χ2v) is 3.28. The summed E-state index contributed by atoms with van der Waals surface area (Å²) in [5, 5.41) is 0. The zero-order valence-electron chi connectivity index (χ0n) is 9.17. The number of carbonyl (C=O) groups is 1. The Hall–Kier alpha value is -1.78. The molecule has 5 heteroatoms. The lowest BCUT2D eigenvalue weighted by atomic mass is 10.0. The number of esters is 1. The highest BCUT2D eigenvalue weighted by Gasteiger charge is 2.33. The van der Waals surface area contributed by atoms with Gasteiger partial charge in [-0.25, -0.2) is 4.79 Å². The normalized spacial score (nSPS) is 11.1. The van der Waals surface area contributed by atoms with E-state index in [2.05, 4.69) is 6.58 Å². The molecule has 0 saturated carbocycles. The number of hydrogen-bond acceptors (Lipinski definition) is 2. The summed E-state index contributed by atoms with van der Waals surface area (Å²) in [7, 11) is 0. The first kappa shape index (κ1) is 13.3. The highest BCUT2D eigenvalue weighted by atomic mass is 19.4. The molecular formula is C12H11F3O2. The van der Waals surface area contributed by atoms with E-state index in [9.17, 15) is 18.0 Å². The standard InChI is InChI=1S/C12H11F3O2/c1-3-17-11(16)10-6-4-5-9(7-10)8(2)12(13,14)15/h4-7H,2-3H2,1H3. The SMILES string of the molecule is C=C(c1cccc(C(=O)OCC)c1)C(F)(F)F. The van der Waals surface area contributed by atoms with Crippen molar-refractivity contribution in [2.45, 2.75) is 13.1 Å². The van der Waals surface area contributed by atoms with Crippen molar-refractivity contribution in [3.05, 3.63) is 42.0 Å². The molecule has 0 aliphatic heterocycles. The van der Waals surface area contributed by atoms with E-state index in [1.807, 2.05) is 0 Å². The van der Waals surface area contributed by atoms with Crippen LogP contribution in [0.3, 0.4) is 0 Å². The smallest absolute Gasteiger partial charge is 0.416 e. The van der Waals surface area contributed by atoms with Crippen LogP contribution >= 0.6 is 0 Å². The van der Waals surface area contributed by atoms with Crippen molar-refractivity contribution in [2.24, 2.45) is 0 Å². The van der Waals surface area contributed by atoms with Gasteiger partial charge in [0.2, 0.25) is 0 Å². The summed E-state index contributed by atoms with van der Waals surface area (Å²) in [6.45, 7) is 4.76. The minimum absolute atomic E-state index is 0.0785. The molecule has 0 spiro atoms. The molecule has 2 nitrogen and oxygen atoms in total. The second-order valence-electron chi connectivity index (χ2n) is 3.28. The molecule has 0 aliphatic rings. The number of rotatable bonds is 3. The van der Waals surface area contributed by atoms with E-state index in [1.54, 1.807) is 6.92 Å². The summed E-state index contributed by atoms with van der Waals surface area (Å²) in [4.78, 5) is 11.3. The predicted octanol–water partition coefficient (Wildman–Crippen LogP) is 3.44. The van der Waals surface area contributed by atoms with Crippen LogP contribution in [0.2, 0.25) is 0 Å². The Balaban J connectivity index is 3.02. The molecule has 17 heavy (non-hydrogen) atoms. The summed E-state index contributed by atoms with van der Waals surface area (Å²) >= 11 is 0. The van der Waals surface area contributed by atoms with Gasteiger partial charge in [0.25, 0.3) is 0 Å². The number of alkyl halides is 3. The van der Waals surface area contributed by atoms with Crippen LogP contribution in [0.4, 0.5) is 13.2 Å². The Morgan fingerprint density at radius 2 is 1.94 bits per heavy atom. The van der Waals surface area contributed by atoms with Crippen LogP contribution in [0.25, 0.3) is 5.57 Å². The topological polar surface area (TPSA) is 26.3 Å². The van der Waals surface area contributed by atoms with Gasteiger partial charge in [-0.05, 0) is 24.6 Å². The minimum atomic E-state index is -4.51. The zero-order valence-corrected chi connectivity index (χ0v) is 9.17. The Kier molecular flexibility index (Phi) is 3.93. The molecule has 0 atom stereocenters. The molecule has 1 aromatic rings. The number of carbonyl (C=O) groups excluding carboxylic acids is 1. The third-order valence-corrected chi connectivity index (χ3v) is 2.06. The van der Waals surface area contributed by atoms with Crippen LogP contribution in [-0.2, 0) is 4.74 Å². The quantitative estimate of drug-likeness (QED) is 0.761. The lowest BCUT2D eigenvalue weighted by Gasteiger charge is -2.11. The fraction of sp³-hybridized carbons (Fsp3) is 0.250. The Morgan fingerprint density at radius 3 is 2.47 bits per heavy atom. The van der Waals surface area contributed by atoms with Crippen LogP contribution < -0.4 is 0 Å². The van der Waals surface area contributed by atoms with Crippen LogP contribution in [0, 0.1) is 0 Å². The first-order chi connectivity index (χ1) is 7.86. The maximum Gasteiger partial charge on any atom is 0.416 e. The van der Waals surface area contributed by atoms with Gasteiger partial charge < -0.3 is 4.74 Å². The summed E-state index contributed by atoms with van der Waals surface area (Å²) in [5.41, 5.74) is -1.04. The number of hydrogen-bond donors (Lipinski definition) is 0. The average molecular weight is 244 g/mol. The summed E-state index contributed by atoms with van der Waals surface area (Å²) in [6, 6.07) is 5.12. The van der Waals surface area contributed by atoms with E-state index in [1.165, 1.54) is 18.2 Å². The van der Waals surface area contributed by atoms with Crippen molar-refractivity contribution < 1.29 is 22.7 Å². The molecule has 92 valence electrons. The highest BCUT2D eigenvalue weighted by Crippen LogP contribution is 2.32. The molecule has 0 saturated heterocycles. The maximum absolute atomic E-state index is 12.4. The van der Waals surface area contributed by atoms with Gasteiger partial charge in [-0.3, -0.25) is 0 Å². The van der Waals surface area contributed by atoms with Crippen molar-refractivity contribution in [3.8, 4) is 0 Å². The van der Waals surface area contributed by atoms with E-state index in [-0.39, 0.29) is 17.7 Å². The highest BCUT2D eigenvalue weighted by molar-refractivity contribution is 5.90. The zero-order chi connectivity index (χ0) is 13.1. The molecule has 0 N–H and O–H groups in total. The van der Waals surface area contributed by atoms with E-state index < -0.39 is 17.7 Å². The summed E-state index contributed by atoms with van der Waals surface area (Å²) in [5.74, 6) is -0.649. The van der Waals surface area contributed by atoms with Crippen molar-refractivity contribution in [1.82, 2.24) is 0 Å². The second kappa shape index (κ2) is 5.03. The predicted molar refractivity (Wildman–Crippen MR) is 57.5 cm³/mol. The minimum Gasteiger partial charge on any atom is -0.462 e. The number of benzene rings is 1. The van der Waals surface area contributed by atoms with Gasteiger partial charge in [0.05, 0.1) is 17.7 Å². The van der Waals surface area contributed by atoms with Crippen molar-refractivity contribution in [2.75, 3.05) is 6.61 Å². The molecule has 0 aromatic heterocycles. The molecule has 0 bridgehead atoms. The van der Waals surface area contributed by atoms with Crippen LogP contribution in [0.15, 0.2) is 30.8 Å². The van der Waals surface area contributed by atoms with Crippen molar-refractivity contribution >= 4 is 11.5 Å². The van der Waals surface area contributed by atoms with E-state index >= 15 is 0 Å². The van der Waals surface area contributed by atoms with Crippen LogP contribution in [0.1, 0.15) is 22.8 Å². The van der Waals surface area contributed by atoms with Crippen molar-refractivity contribution in [3.63, 3.8) is 0 Å². The fourth-order valence-electron chi connectivity index (χ4n) is 1.21. The van der Waals surface area contributed by atoms with E-state index in [4.69, 9.17) is 4.74 Å².